The van der Waals surface area contributed by atoms with E-state index in [9.17, 15) is 4.79 Å². The predicted molar refractivity (Wildman–Crippen MR) is 130 cm³/mol. The molecule has 6 nitrogen and oxygen atoms in total. The van der Waals surface area contributed by atoms with Crippen molar-refractivity contribution in [3.8, 4) is 0 Å². The smallest absolute Gasteiger partial charge is 0.251 e. The van der Waals surface area contributed by atoms with E-state index < -0.39 is 0 Å². The van der Waals surface area contributed by atoms with Gasteiger partial charge in [-0.2, -0.15) is 0 Å². The largest absolute Gasteiger partial charge is 0.357 e. The second-order valence-corrected chi connectivity index (χ2v) is 7.85. The Kier molecular flexibility index (Phi) is 10.2. The number of aliphatic imine (C=N–C) groups is 1. The molecule has 1 aliphatic heterocycles. The fraction of sp³-hybridized carbons (Fsp3) is 0.636. The number of halogens is 1. The second kappa shape index (κ2) is 12.4. The highest BCUT2D eigenvalue weighted by molar-refractivity contribution is 14.0. The van der Waals surface area contributed by atoms with Gasteiger partial charge >= 0.3 is 0 Å². The number of hydrogen-bond donors (Lipinski definition) is 3. The maximum Gasteiger partial charge on any atom is 0.251 e. The zero-order valence-corrected chi connectivity index (χ0v) is 20.1. The summed E-state index contributed by atoms with van der Waals surface area (Å²) in [5, 5.41) is 9.68. The number of nitrogens with zero attached hydrogens (tertiary/aromatic N) is 2. The van der Waals surface area contributed by atoms with Gasteiger partial charge in [0.1, 0.15) is 0 Å². The Morgan fingerprint density at radius 1 is 1.24 bits per heavy atom. The summed E-state index contributed by atoms with van der Waals surface area (Å²) in [7, 11) is 1.66. The molecule has 0 radical (unpaired) electrons. The molecule has 0 aromatic heterocycles. The van der Waals surface area contributed by atoms with E-state index in [1.165, 1.54) is 38.6 Å². The van der Waals surface area contributed by atoms with Crippen molar-refractivity contribution in [1.29, 1.82) is 0 Å². The Balaban J connectivity index is 0.00000300. The van der Waals surface area contributed by atoms with Gasteiger partial charge in [-0.3, -0.25) is 14.7 Å². The minimum Gasteiger partial charge on any atom is -0.357 e. The number of carbonyl (C=O) groups excluding carboxylic acids is 1. The van der Waals surface area contributed by atoms with E-state index in [1.54, 1.807) is 7.05 Å². The maximum atomic E-state index is 11.8. The number of carbonyl (C=O) groups is 1. The van der Waals surface area contributed by atoms with Crippen LogP contribution in [0.25, 0.3) is 0 Å². The summed E-state index contributed by atoms with van der Waals surface area (Å²) >= 11 is 0. The number of amides is 1. The third-order valence-electron chi connectivity index (χ3n) is 5.83. The number of rotatable bonds is 7. The molecule has 1 saturated carbocycles. The van der Waals surface area contributed by atoms with Crippen molar-refractivity contribution in [2.24, 2.45) is 4.99 Å². The molecule has 0 spiro atoms. The Morgan fingerprint density at radius 2 is 2.03 bits per heavy atom. The molecule has 162 valence electrons. The molecule has 3 N–H and O–H groups in total. The van der Waals surface area contributed by atoms with Gasteiger partial charge in [-0.05, 0) is 50.3 Å². The average Bonchev–Trinajstić information content (AvgIpc) is 3.39. The first kappa shape index (κ1) is 23.9. The van der Waals surface area contributed by atoms with Crippen molar-refractivity contribution in [1.82, 2.24) is 20.9 Å². The minimum absolute atomic E-state index is 0. The molecule has 2 fully saturated rings. The topological polar surface area (TPSA) is 68.8 Å². The van der Waals surface area contributed by atoms with Crippen molar-refractivity contribution in [3.63, 3.8) is 0 Å². The van der Waals surface area contributed by atoms with Crippen LogP contribution >= 0.6 is 24.0 Å². The molecule has 3 rings (SSSR count). The molecule has 0 bridgehead atoms. The summed E-state index contributed by atoms with van der Waals surface area (Å²) in [6, 6.07) is 9.06. The third kappa shape index (κ3) is 7.13. The van der Waals surface area contributed by atoms with Crippen LogP contribution in [-0.4, -0.2) is 62.1 Å². The highest BCUT2D eigenvalue weighted by Crippen LogP contribution is 2.26. The fourth-order valence-corrected chi connectivity index (χ4v) is 4.33. The van der Waals surface area contributed by atoms with Gasteiger partial charge < -0.3 is 16.0 Å². The van der Waals surface area contributed by atoms with Crippen LogP contribution in [0.2, 0.25) is 0 Å². The van der Waals surface area contributed by atoms with E-state index in [4.69, 9.17) is 4.99 Å². The maximum absolute atomic E-state index is 11.8. The Morgan fingerprint density at radius 3 is 2.76 bits per heavy atom. The fourth-order valence-electron chi connectivity index (χ4n) is 4.33. The Hall–Kier alpha value is -1.35. The van der Waals surface area contributed by atoms with E-state index in [2.05, 4.69) is 33.8 Å². The molecule has 29 heavy (non-hydrogen) atoms. The second-order valence-electron chi connectivity index (χ2n) is 7.85. The monoisotopic (exact) mass is 513 g/mol. The number of benzene rings is 1. The standard InChI is InChI=1S/C22H35N5O.HI/c1-3-24-22(26-19-12-14-27(16-19)20-9-4-5-10-20)25-13-11-17-7-6-8-18(15-17)21(28)23-2;/h6-8,15,19-20H,3-5,9-14,16H2,1-2H3,(H,23,28)(H2,24,25,26);1H. The molecule has 1 aromatic carbocycles. The molecule has 1 amide bonds. The molecular formula is C22H36IN5O. The van der Waals surface area contributed by atoms with Gasteiger partial charge in [0.05, 0.1) is 0 Å². The van der Waals surface area contributed by atoms with Gasteiger partial charge in [0, 0.05) is 50.9 Å². The minimum atomic E-state index is -0.0478. The van der Waals surface area contributed by atoms with Crippen LogP contribution in [0.4, 0.5) is 0 Å². The zero-order valence-electron chi connectivity index (χ0n) is 17.7. The quantitative estimate of drug-likeness (QED) is 0.298. The summed E-state index contributed by atoms with van der Waals surface area (Å²) in [5.41, 5.74) is 1.83. The van der Waals surface area contributed by atoms with Crippen LogP contribution in [0.1, 0.15) is 54.9 Å². The number of likely N-dealkylation sites (tertiary alicyclic amines) is 1. The predicted octanol–water partition coefficient (Wildman–Crippen LogP) is 2.78. The lowest BCUT2D eigenvalue weighted by atomic mass is 10.1. The molecule has 1 atom stereocenters. The van der Waals surface area contributed by atoms with E-state index in [0.717, 1.165) is 37.1 Å². The Bertz CT molecular complexity index is 675. The third-order valence-corrected chi connectivity index (χ3v) is 5.83. The van der Waals surface area contributed by atoms with Crippen LogP contribution in [0.3, 0.4) is 0 Å². The van der Waals surface area contributed by atoms with Gasteiger partial charge in [0.2, 0.25) is 0 Å². The summed E-state index contributed by atoms with van der Waals surface area (Å²) in [4.78, 5) is 19.2. The van der Waals surface area contributed by atoms with Gasteiger partial charge in [-0.25, -0.2) is 0 Å². The van der Waals surface area contributed by atoms with E-state index in [0.29, 0.717) is 18.2 Å². The van der Waals surface area contributed by atoms with Crippen LogP contribution in [0.5, 0.6) is 0 Å². The zero-order chi connectivity index (χ0) is 19.8. The summed E-state index contributed by atoms with van der Waals surface area (Å²) in [5.74, 6) is 0.858. The van der Waals surface area contributed by atoms with Crippen LogP contribution in [0, 0.1) is 0 Å². The van der Waals surface area contributed by atoms with Crippen molar-refractivity contribution in [2.45, 2.75) is 57.5 Å². The first-order chi connectivity index (χ1) is 13.7. The number of hydrogen-bond acceptors (Lipinski definition) is 3. The molecule has 1 heterocycles. The molecule has 1 aliphatic carbocycles. The lowest BCUT2D eigenvalue weighted by molar-refractivity contribution is 0.0963. The average molecular weight is 513 g/mol. The van der Waals surface area contributed by atoms with E-state index >= 15 is 0 Å². The first-order valence-corrected chi connectivity index (χ1v) is 10.8. The van der Waals surface area contributed by atoms with Crippen molar-refractivity contribution < 1.29 is 4.79 Å². The lowest BCUT2D eigenvalue weighted by Gasteiger charge is -2.24. The van der Waals surface area contributed by atoms with E-state index in [-0.39, 0.29) is 29.9 Å². The molecule has 7 heteroatoms. The Labute approximate surface area is 192 Å². The number of guanidine groups is 1. The highest BCUT2D eigenvalue weighted by Gasteiger charge is 2.30. The SMILES string of the molecule is CCNC(=NCCc1cccc(C(=O)NC)c1)NC1CCN(C2CCCC2)C1.I. The molecule has 2 aliphatic rings. The van der Waals surface area contributed by atoms with Crippen molar-refractivity contribution in [2.75, 3.05) is 33.2 Å². The van der Waals surface area contributed by atoms with E-state index in [1.807, 2.05) is 18.2 Å². The first-order valence-electron chi connectivity index (χ1n) is 10.8. The number of nitrogens with one attached hydrogen (secondary N) is 3. The van der Waals surface area contributed by atoms with Gasteiger partial charge in [-0.15, -0.1) is 24.0 Å². The molecule has 1 unspecified atom stereocenters. The lowest BCUT2D eigenvalue weighted by Crippen LogP contribution is -2.45. The molecule has 1 saturated heterocycles. The van der Waals surface area contributed by atoms with Gasteiger partial charge in [0.25, 0.3) is 5.91 Å². The molecular weight excluding hydrogens is 477 g/mol. The summed E-state index contributed by atoms with van der Waals surface area (Å²) in [6.45, 7) is 5.99. The summed E-state index contributed by atoms with van der Waals surface area (Å²) < 4.78 is 0. The normalized spacial score (nSPS) is 20.3. The summed E-state index contributed by atoms with van der Waals surface area (Å²) in [6.07, 6.45) is 7.54. The van der Waals surface area contributed by atoms with Gasteiger partial charge in [0.15, 0.2) is 5.96 Å². The van der Waals surface area contributed by atoms with Crippen LogP contribution < -0.4 is 16.0 Å². The highest BCUT2D eigenvalue weighted by atomic mass is 127. The van der Waals surface area contributed by atoms with Crippen molar-refractivity contribution in [3.05, 3.63) is 35.4 Å². The van der Waals surface area contributed by atoms with Crippen LogP contribution in [0.15, 0.2) is 29.3 Å². The van der Waals surface area contributed by atoms with Crippen molar-refractivity contribution >= 4 is 35.8 Å². The molecule has 1 aromatic rings. The van der Waals surface area contributed by atoms with Crippen LogP contribution in [-0.2, 0) is 6.42 Å². The van der Waals surface area contributed by atoms with Gasteiger partial charge in [-0.1, -0.05) is 25.0 Å².